The number of nitrogens with one attached hydrogen (secondary N) is 1. The van der Waals surface area contributed by atoms with E-state index in [9.17, 15) is 4.79 Å². The highest BCUT2D eigenvalue weighted by atomic mass is 16.2. The van der Waals surface area contributed by atoms with Crippen LogP contribution < -0.4 is 5.32 Å². The number of hydrogen-bond acceptors (Lipinski definition) is 2. The van der Waals surface area contributed by atoms with Gasteiger partial charge < -0.3 is 10.2 Å². The molecule has 3 nitrogen and oxygen atoms in total. The molecule has 1 aliphatic heterocycles. The summed E-state index contributed by atoms with van der Waals surface area (Å²) >= 11 is 0. The van der Waals surface area contributed by atoms with Crippen LogP contribution in [0.4, 0.5) is 0 Å². The fraction of sp³-hybridized carbons (Fsp3) is 0.533. The van der Waals surface area contributed by atoms with Crippen molar-refractivity contribution in [2.75, 3.05) is 20.1 Å². The van der Waals surface area contributed by atoms with Crippen LogP contribution in [0.1, 0.15) is 33.5 Å². The first-order valence-corrected chi connectivity index (χ1v) is 6.57. The third kappa shape index (κ3) is 2.41. The lowest BCUT2D eigenvalue weighted by Crippen LogP contribution is -2.34. The minimum absolute atomic E-state index is 0.183. The van der Waals surface area contributed by atoms with Crippen molar-refractivity contribution in [3.8, 4) is 0 Å². The van der Waals surface area contributed by atoms with E-state index in [0.717, 1.165) is 36.2 Å². The molecule has 1 atom stereocenters. The third-order valence-corrected chi connectivity index (χ3v) is 3.77. The van der Waals surface area contributed by atoms with Gasteiger partial charge in [-0.15, -0.1) is 0 Å². The quantitative estimate of drug-likeness (QED) is 0.866. The normalized spacial score (nSPS) is 19.3. The summed E-state index contributed by atoms with van der Waals surface area (Å²) in [7, 11) is 1.96. The second kappa shape index (κ2) is 5.11. The largest absolute Gasteiger partial charge is 0.337 e. The van der Waals surface area contributed by atoms with Crippen molar-refractivity contribution in [3.05, 3.63) is 34.4 Å². The van der Waals surface area contributed by atoms with E-state index in [1.165, 1.54) is 5.56 Å². The number of amides is 1. The Balaban J connectivity index is 2.25. The van der Waals surface area contributed by atoms with Crippen LogP contribution in [-0.4, -0.2) is 37.0 Å². The van der Waals surface area contributed by atoms with Crippen molar-refractivity contribution in [3.63, 3.8) is 0 Å². The topological polar surface area (TPSA) is 32.3 Å². The molecule has 1 amide bonds. The summed E-state index contributed by atoms with van der Waals surface area (Å²) in [5.74, 6) is 0.183. The van der Waals surface area contributed by atoms with E-state index < -0.39 is 0 Å². The number of carbonyl (C=O) groups excluding carboxylic acids is 1. The Morgan fingerprint density at radius 1 is 1.28 bits per heavy atom. The van der Waals surface area contributed by atoms with Crippen molar-refractivity contribution in [2.24, 2.45) is 0 Å². The van der Waals surface area contributed by atoms with Gasteiger partial charge in [0, 0.05) is 24.7 Å². The number of likely N-dealkylation sites (tertiary alicyclic amines) is 1. The second-order valence-corrected chi connectivity index (χ2v) is 5.30. The summed E-state index contributed by atoms with van der Waals surface area (Å²) in [6.45, 7) is 7.80. The second-order valence-electron chi connectivity index (χ2n) is 5.30. The molecule has 1 heterocycles. The average molecular weight is 246 g/mol. The van der Waals surface area contributed by atoms with Crippen LogP contribution >= 0.6 is 0 Å². The van der Waals surface area contributed by atoms with E-state index in [1.54, 1.807) is 0 Å². The van der Waals surface area contributed by atoms with Crippen molar-refractivity contribution in [1.29, 1.82) is 0 Å². The zero-order chi connectivity index (χ0) is 13.3. The molecule has 1 aromatic carbocycles. The van der Waals surface area contributed by atoms with Crippen LogP contribution in [0.3, 0.4) is 0 Å². The molecule has 1 aliphatic rings. The summed E-state index contributed by atoms with van der Waals surface area (Å²) in [6.07, 6.45) is 1.05. The number of nitrogens with zero attached hydrogens (tertiary/aromatic N) is 1. The van der Waals surface area contributed by atoms with Gasteiger partial charge in [-0.3, -0.25) is 4.79 Å². The number of likely N-dealkylation sites (N-methyl/N-ethyl adjacent to an activating group) is 1. The number of hydrogen-bond donors (Lipinski definition) is 1. The van der Waals surface area contributed by atoms with Crippen LogP contribution in [0.25, 0.3) is 0 Å². The minimum atomic E-state index is 0.183. The van der Waals surface area contributed by atoms with Gasteiger partial charge in [-0.25, -0.2) is 0 Å². The Hall–Kier alpha value is -1.35. The highest BCUT2D eigenvalue weighted by Crippen LogP contribution is 2.20. The predicted molar refractivity (Wildman–Crippen MR) is 74.0 cm³/mol. The van der Waals surface area contributed by atoms with Crippen molar-refractivity contribution in [2.45, 2.75) is 33.2 Å². The van der Waals surface area contributed by atoms with Gasteiger partial charge in [-0.1, -0.05) is 17.7 Å². The molecule has 0 saturated carbocycles. The molecule has 0 spiro atoms. The molecule has 2 rings (SSSR count). The molecular formula is C15H22N2O. The van der Waals surface area contributed by atoms with Crippen molar-refractivity contribution in [1.82, 2.24) is 10.2 Å². The van der Waals surface area contributed by atoms with E-state index >= 15 is 0 Å². The van der Waals surface area contributed by atoms with E-state index in [4.69, 9.17) is 0 Å². The van der Waals surface area contributed by atoms with Gasteiger partial charge in [0.25, 0.3) is 5.91 Å². The van der Waals surface area contributed by atoms with Gasteiger partial charge in [0.2, 0.25) is 0 Å². The first-order chi connectivity index (χ1) is 8.52. The van der Waals surface area contributed by atoms with Crippen molar-refractivity contribution >= 4 is 5.91 Å². The zero-order valence-electron chi connectivity index (χ0n) is 11.7. The standard InChI is InChI=1S/C15H22N2O/c1-10-7-11(2)14(12(3)8-10)15(18)17-6-5-13(9-17)16-4/h7-8,13,16H,5-6,9H2,1-4H3. The highest BCUT2D eigenvalue weighted by molar-refractivity contribution is 5.97. The first kappa shape index (κ1) is 13.1. The molecule has 0 aromatic heterocycles. The van der Waals surface area contributed by atoms with E-state index in [-0.39, 0.29) is 5.91 Å². The van der Waals surface area contributed by atoms with Gasteiger partial charge in [0.05, 0.1) is 0 Å². The van der Waals surface area contributed by atoms with E-state index in [2.05, 4.69) is 24.4 Å². The van der Waals surface area contributed by atoms with Gasteiger partial charge in [-0.05, 0) is 45.4 Å². The van der Waals surface area contributed by atoms with Gasteiger partial charge in [-0.2, -0.15) is 0 Å². The third-order valence-electron chi connectivity index (χ3n) is 3.77. The molecule has 3 heteroatoms. The van der Waals surface area contributed by atoms with Gasteiger partial charge >= 0.3 is 0 Å². The summed E-state index contributed by atoms with van der Waals surface area (Å²) in [6, 6.07) is 4.62. The molecular weight excluding hydrogens is 224 g/mol. The van der Waals surface area contributed by atoms with E-state index in [0.29, 0.717) is 6.04 Å². The molecule has 0 bridgehead atoms. The number of benzene rings is 1. The maximum atomic E-state index is 12.6. The Kier molecular flexibility index (Phi) is 3.71. The molecule has 1 aromatic rings. The van der Waals surface area contributed by atoms with Crippen LogP contribution in [0.5, 0.6) is 0 Å². The Labute approximate surface area is 109 Å². The summed E-state index contributed by atoms with van der Waals surface area (Å²) in [4.78, 5) is 14.5. The number of carbonyl (C=O) groups is 1. The summed E-state index contributed by atoms with van der Waals surface area (Å²) < 4.78 is 0. The fourth-order valence-corrected chi connectivity index (χ4v) is 2.86. The predicted octanol–water partition coefficient (Wildman–Crippen LogP) is 2.05. The SMILES string of the molecule is CNC1CCN(C(=O)c2c(C)cc(C)cc2C)C1. The maximum Gasteiger partial charge on any atom is 0.254 e. The smallest absolute Gasteiger partial charge is 0.254 e. The molecule has 0 radical (unpaired) electrons. The molecule has 18 heavy (non-hydrogen) atoms. The average Bonchev–Trinajstić information content (AvgIpc) is 2.75. The van der Waals surface area contributed by atoms with E-state index in [1.807, 2.05) is 25.8 Å². The number of rotatable bonds is 2. The molecule has 0 aliphatic carbocycles. The first-order valence-electron chi connectivity index (χ1n) is 6.57. The van der Waals surface area contributed by atoms with Crippen LogP contribution in [0.15, 0.2) is 12.1 Å². The van der Waals surface area contributed by atoms with Gasteiger partial charge in [0.1, 0.15) is 0 Å². The zero-order valence-corrected chi connectivity index (χ0v) is 11.7. The minimum Gasteiger partial charge on any atom is -0.337 e. The molecule has 98 valence electrons. The monoisotopic (exact) mass is 246 g/mol. The van der Waals surface area contributed by atoms with Crippen LogP contribution in [0, 0.1) is 20.8 Å². The maximum absolute atomic E-state index is 12.6. The summed E-state index contributed by atoms with van der Waals surface area (Å²) in [5.41, 5.74) is 4.28. The molecule has 1 unspecified atom stereocenters. The lowest BCUT2D eigenvalue weighted by molar-refractivity contribution is 0.0788. The lowest BCUT2D eigenvalue weighted by atomic mass is 9.99. The van der Waals surface area contributed by atoms with Gasteiger partial charge in [0.15, 0.2) is 0 Å². The van der Waals surface area contributed by atoms with Crippen LogP contribution in [-0.2, 0) is 0 Å². The Morgan fingerprint density at radius 3 is 2.39 bits per heavy atom. The Morgan fingerprint density at radius 2 is 1.89 bits per heavy atom. The molecule has 1 fully saturated rings. The highest BCUT2D eigenvalue weighted by Gasteiger charge is 2.27. The van der Waals surface area contributed by atoms with Crippen LogP contribution in [0.2, 0.25) is 0 Å². The number of aryl methyl sites for hydroxylation is 3. The lowest BCUT2D eigenvalue weighted by Gasteiger charge is -2.19. The van der Waals surface area contributed by atoms with Crippen molar-refractivity contribution < 1.29 is 4.79 Å². The summed E-state index contributed by atoms with van der Waals surface area (Å²) in [5, 5.41) is 3.24. The fourth-order valence-electron chi connectivity index (χ4n) is 2.86. The molecule has 1 saturated heterocycles. The molecule has 1 N–H and O–H groups in total. The Bertz CT molecular complexity index is 445.